The third kappa shape index (κ3) is 3.08. The molecular formula is C13H19N5O. The Bertz CT molecular complexity index is 538. The van der Waals surface area contributed by atoms with Gasteiger partial charge in [0.25, 0.3) is 0 Å². The first-order chi connectivity index (χ1) is 9.28. The fourth-order valence-electron chi connectivity index (χ4n) is 1.79. The molecule has 0 aliphatic heterocycles. The lowest BCUT2D eigenvalue weighted by molar-refractivity contribution is 0.409. The minimum atomic E-state index is 0.721. The van der Waals surface area contributed by atoms with E-state index in [1.807, 2.05) is 25.2 Å². The van der Waals surface area contributed by atoms with Gasteiger partial charge < -0.3 is 10.1 Å². The van der Waals surface area contributed by atoms with Gasteiger partial charge in [-0.15, -0.1) is 15.0 Å². The Balaban J connectivity index is 2.31. The van der Waals surface area contributed by atoms with Crippen LogP contribution in [0.25, 0.3) is 5.69 Å². The summed E-state index contributed by atoms with van der Waals surface area (Å²) in [5.74, 6) is 1.47. The van der Waals surface area contributed by atoms with Crippen molar-refractivity contribution in [3.05, 3.63) is 29.6 Å². The van der Waals surface area contributed by atoms with Gasteiger partial charge in [-0.1, -0.05) is 13.0 Å². The molecule has 0 fully saturated rings. The van der Waals surface area contributed by atoms with Gasteiger partial charge in [-0.3, -0.25) is 0 Å². The number of likely N-dealkylation sites (N-methyl/N-ethyl adjacent to an activating group) is 1. The molecule has 0 bridgehead atoms. The minimum absolute atomic E-state index is 0.721. The first-order valence-corrected chi connectivity index (χ1v) is 6.39. The van der Waals surface area contributed by atoms with Gasteiger partial charge in [0.1, 0.15) is 11.4 Å². The van der Waals surface area contributed by atoms with E-state index in [4.69, 9.17) is 4.74 Å². The molecule has 0 saturated carbocycles. The van der Waals surface area contributed by atoms with Gasteiger partial charge in [0.2, 0.25) is 0 Å². The third-order valence-electron chi connectivity index (χ3n) is 2.92. The van der Waals surface area contributed by atoms with Crippen molar-refractivity contribution in [3.63, 3.8) is 0 Å². The Morgan fingerprint density at radius 1 is 1.37 bits per heavy atom. The number of nitrogens with zero attached hydrogens (tertiary/aromatic N) is 4. The van der Waals surface area contributed by atoms with E-state index >= 15 is 0 Å². The first-order valence-electron chi connectivity index (χ1n) is 6.39. The lowest BCUT2D eigenvalue weighted by atomic mass is 10.1. The van der Waals surface area contributed by atoms with Crippen molar-refractivity contribution < 1.29 is 4.74 Å². The van der Waals surface area contributed by atoms with E-state index in [0.717, 1.165) is 36.6 Å². The van der Waals surface area contributed by atoms with Crippen LogP contribution in [0.15, 0.2) is 18.2 Å². The Kier molecular flexibility index (Phi) is 4.46. The Labute approximate surface area is 112 Å². The first kappa shape index (κ1) is 13.5. The van der Waals surface area contributed by atoms with Crippen LogP contribution < -0.4 is 10.1 Å². The zero-order valence-electron chi connectivity index (χ0n) is 11.6. The molecule has 6 nitrogen and oxygen atoms in total. The van der Waals surface area contributed by atoms with Crippen molar-refractivity contribution in [3.8, 4) is 11.4 Å². The number of rotatable bonds is 6. The third-order valence-corrected chi connectivity index (χ3v) is 2.92. The molecule has 0 aliphatic rings. The van der Waals surface area contributed by atoms with Crippen LogP contribution in [0.5, 0.6) is 5.75 Å². The highest BCUT2D eigenvalue weighted by molar-refractivity contribution is 5.47. The van der Waals surface area contributed by atoms with Crippen LogP contribution >= 0.6 is 0 Å². The number of tetrazole rings is 1. The maximum absolute atomic E-state index is 5.35. The van der Waals surface area contributed by atoms with Gasteiger partial charge in [-0.05, 0) is 36.4 Å². The maximum atomic E-state index is 5.35. The summed E-state index contributed by atoms with van der Waals surface area (Å²) in [5.41, 5.74) is 2.04. The zero-order chi connectivity index (χ0) is 13.7. The normalized spacial score (nSPS) is 10.7. The Morgan fingerprint density at radius 2 is 2.21 bits per heavy atom. The highest BCUT2D eigenvalue weighted by Gasteiger charge is 2.10. The molecule has 0 spiro atoms. The molecule has 0 atom stereocenters. The molecule has 0 saturated heterocycles. The van der Waals surface area contributed by atoms with Gasteiger partial charge in [-0.2, -0.15) is 0 Å². The number of hydrogen-bond donors (Lipinski definition) is 1. The second kappa shape index (κ2) is 6.29. The van der Waals surface area contributed by atoms with Crippen molar-refractivity contribution >= 4 is 0 Å². The molecule has 1 N–H and O–H groups in total. The summed E-state index contributed by atoms with van der Waals surface area (Å²) in [7, 11) is 3.54. The molecule has 102 valence electrons. The summed E-state index contributed by atoms with van der Waals surface area (Å²) in [6.07, 6.45) is 1.71. The molecular weight excluding hydrogens is 242 g/mol. The van der Waals surface area contributed by atoms with Crippen molar-refractivity contribution in [2.24, 2.45) is 0 Å². The largest absolute Gasteiger partial charge is 0.494 e. The van der Waals surface area contributed by atoms with Gasteiger partial charge in [0, 0.05) is 13.0 Å². The number of aromatic nitrogens is 4. The maximum Gasteiger partial charge on any atom is 0.176 e. The summed E-state index contributed by atoms with van der Waals surface area (Å²) < 4.78 is 5.35. The summed E-state index contributed by atoms with van der Waals surface area (Å²) >= 11 is 0. The standard InChI is InChI=1S/C13H19N5O/c1-4-10-5-6-12(19-3)11(9-10)18-16-13(15-17-18)7-8-14-2/h5-6,9,14H,4,7-8H2,1-3H3. The number of nitrogens with one attached hydrogen (secondary N) is 1. The van der Waals surface area contributed by atoms with Crippen molar-refractivity contribution in [2.75, 3.05) is 20.7 Å². The van der Waals surface area contributed by atoms with Crippen molar-refractivity contribution in [1.82, 2.24) is 25.5 Å². The number of ether oxygens (including phenoxy) is 1. The molecule has 1 aromatic heterocycles. The summed E-state index contributed by atoms with van der Waals surface area (Å²) in [6, 6.07) is 6.01. The SMILES string of the molecule is CCc1ccc(OC)c(-n2nnc(CCNC)n2)c1. The zero-order valence-corrected chi connectivity index (χ0v) is 11.6. The summed E-state index contributed by atoms with van der Waals surface area (Å²) in [6.45, 7) is 2.94. The number of methoxy groups -OCH3 is 1. The lowest BCUT2D eigenvalue weighted by Gasteiger charge is -2.08. The molecule has 0 aliphatic carbocycles. The van der Waals surface area contributed by atoms with Crippen LogP contribution in [0, 0.1) is 0 Å². The van der Waals surface area contributed by atoms with Crippen molar-refractivity contribution in [2.45, 2.75) is 19.8 Å². The van der Waals surface area contributed by atoms with Crippen LogP contribution in [0.2, 0.25) is 0 Å². The van der Waals surface area contributed by atoms with Gasteiger partial charge in [-0.25, -0.2) is 0 Å². The van der Waals surface area contributed by atoms with E-state index in [1.165, 1.54) is 10.4 Å². The molecule has 1 heterocycles. The Hall–Kier alpha value is -1.95. The monoisotopic (exact) mass is 261 g/mol. The molecule has 19 heavy (non-hydrogen) atoms. The molecule has 1 aromatic carbocycles. The van der Waals surface area contributed by atoms with Gasteiger partial charge in [0.05, 0.1) is 7.11 Å². The molecule has 2 aromatic rings. The fraction of sp³-hybridized carbons (Fsp3) is 0.462. The lowest BCUT2D eigenvalue weighted by Crippen LogP contribution is -2.11. The van der Waals surface area contributed by atoms with Crippen LogP contribution in [-0.4, -0.2) is 40.9 Å². The van der Waals surface area contributed by atoms with Crippen LogP contribution in [0.4, 0.5) is 0 Å². The predicted molar refractivity (Wildman–Crippen MR) is 72.7 cm³/mol. The number of aryl methyl sites for hydroxylation is 1. The van der Waals surface area contributed by atoms with E-state index in [2.05, 4.69) is 27.7 Å². The predicted octanol–water partition coefficient (Wildman–Crippen LogP) is 0.995. The van der Waals surface area contributed by atoms with E-state index in [0.29, 0.717) is 0 Å². The fourth-order valence-corrected chi connectivity index (χ4v) is 1.79. The second-order valence-corrected chi connectivity index (χ2v) is 4.21. The smallest absolute Gasteiger partial charge is 0.176 e. The summed E-state index contributed by atoms with van der Waals surface area (Å²) in [4.78, 5) is 1.53. The van der Waals surface area contributed by atoms with Crippen LogP contribution in [-0.2, 0) is 12.8 Å². The molecule has 2 rings (SSSR count). The van der Waals surface area contributed by atoms with E-state index < -0.39 is 0 Å². The summed E-state index contributed by atoms with van der Waals surface area (Å²) in [5, 5.41) is 15.6. The van der Waals surface area contributed by atoms with Crippen molar-refractivity contribution in [1.29, 1.82) is 0 Å². The van der Waals surface area contributed by atoms with Crippen LogP contribution in [0.1, 0.15) is 18.3 Å². The minimum Gasteiger partial charge on any atom is -0.494 e. The second-order valence-electron chi connectivity index (χ2n) is 4.21. The highest BCUT2D eigenvalue weighted by atomic mass is 16.5. The van der Waals surface area contributed by atoms with Gasteiger partial charge >= 0.3 is 0 Å². The van der Waals surface area contributed by atoms with Gasteiger partial charge in [0.15, 0.2) is 5.82 Å². The van der Waals surface area contributed by atoms with E-state index in [-0.39, 0.29) is 0 Å². The number of benzene rings is 1. The average molecular weight is 261 g/mol. The molecule has 0 radical (unpaired) electrons. The van der Waals surface area contributed by atoms with Crippen LogP contribution in [0.3, 0.4) is 0 Å². The average Bonchev–Trinajstić information content (AvgIpc) is 2.93. The number of hydrogen-bond acceptors (Lipinski definition) is 5. The highest BCUT2D eigenvalue weighted by Crippen LogP contribution is 2.22. The van der Waals surface area contributed by atoms with E-state index in [9.17, 15) is 0 Å². The molecule has 0 unspecified atom stereocenters. The van der Waals surface area contributed by atoms with E-state index in [1.54, 1.807) is 7.11 Å². The topological polar surface area (TPSA) is 64.9 Å². The molecule has 0 amide bonds. The molecule has 6 heteroatoms. The quantitative estimate of drug-likeness (QED) is 0.840. The Morgan fingerprint density at radius 3 is 2.89 bits per heavy atom.